The number of hydrogen-bond donors (Lipinski definition) is 2. The van der Waals surface area contributed by atoms with Crippen molar-refractivity contribution in [3.05, 3.63) is 42.8 Å². The first-order chi connectivity index (χ1) is 5.17. The van der Waals surface area contributed by atoms with Crippen molar-refractivity contribution < 1.29 is 32.6 Å². The standard InChI is InChI=1S/C9H11O2.Au/c1-9(11,7-10)8-5-3-2-4-6-8;/h2-6,10-11H,1,7H2;/q-1;+1. The van der Waals surface area contributed by atoms with Crippen LogP contribution < -0.4 is 0 Å². The van der Waals surface area contributed by atoms with E-state index in [1.807, 2.05) is 6.07 Å². The van der Waals surface area contributed by atoms with Gasteiger partial charge in [0.25, 0.3) is 0 Å². The fourth-order valence-corrected chi connectivity index (χ4v) is 0.840. The second kappa shape index (κ2) is 4.80. The minimum absolute atomic E-state index is 0. The molecule has 3 heteroatoms. The largest absolute Gasteiger partial charge is 1.00 e. The van der Waals surface area contributed by atoms with Crippen molar-refractivity contribution in [1.29, 1.82) is 0 Å². The molecule has 1 aromatic carbocycles. The predicted octanol–water partition coefficient (Wildman–Crippen LogP) is 0.698. The first-order valence-electron chi connectivity index (χ1n) is 3.41. The zero-order valence-electron chi connectivity index (χ0n) is 6.50. The molecular formula is C9H11AuO2. The Bertz CT molecular complexity index is 221. The molecule has 1 rings (SSSR count). The molecule has 0 aliphatic carbocycles. The molecule has 0 bridgehead atoms. The normalized spacial score (nSPS) is 14.6. The SMILES string of the molecule is [Au+].[CH2-]C(O)(CO)c1ccccc1. The molecule has 70 valence electrons. The number of rotatable bonds is 2. The summed E-state index contributed by atoms with van der Waals surface area (Å²) in [7, 11) is 0. The van der Waals surface area contributed by atoms with Gasteiger partial charge in [0.1, 0.15) is 0 Å². The van der Waals surface area contributed by atoms with E-state index in [2.05, 4.69) is 6.92 Å². The van der Waals surface area contributed by atoms with Crippen LogP contribution in [0.4, 0.5) is 0 Å². The van der Waals surface area contributed by atoms with Gasteiger partial charge in [-0.05, 0) is 11.2 Å². The summed E-state index contributed by atoms with van der Waals surface area (Å²) in [6.45, 7) is 3.10. The van der Waals surface area contributed by atoms with E-state index in [1.165, 1.54) is 0 Å². The van der Waals surface area contributed by atoms with E-state index in [1.54, 1.807) is 24.3 Å². The maximum atomic E-state index is 9.43. The summed E-state index contributed by atoms with van der Waals surface area (Å²) in [4.78, 5) is 0. The molecule has 0 radical (unpaired) electrons. The van der Waals surface area contributed by atoms with Crippen molar-refractivity contribution in [2.75, 3.05) is 6.61 Å². The zero-order chi connectivity index (χ0) is 8.32. The maximum Gasteiger partial charge on any atom is 1.00 e. The number of benzene rings is 1. The van der Waals surface area contributed by atoms with Crippen LogP contribution in [-0.4, -0.2) is 16.8 Å². The summed E-state index contributed by atoms with van der Waals surface area (Å²) in [5, 5.41) is 18.2. The van der Waals surface area contributed by atoms with Gasteiger partial charge in [0.05, 0.1) is 0 Å². The van der Waals surface area contributed by atoms with Gasteiger partial charge in [-0.25, -0.2) is 0 Å². The minimum Gasteiger partial charge on any atom is -0.415 e. The van der Waals surface area contributed by atoms with E-state index < -0.39 is 5.60 Å². The van der Waals surface area contributed by atoms with Gasteiger partial charge < -0.3 is 17.1 Å². The first-order valence-corrected chi connectivity index (χ1v) is 3.41. The Kier molecular flexibility index (Phi) is 4.75. The molecule has 0 saturated heterocycles. The Labute approximate surface area is 87.7 Å². The third-order valence-electron chi connectivity index (χ3n) is 1.57. The van der Waals surface area contributed by atoms with Crippen LogP contribution in [0.3, 0.4) is 0 Å². The van der Waals surface area contributed by atoms with Gasteiger partial charge in [-0.1, -0.05) is 30.3 Å². The van der Waals surface area contributed by atoms with Crippen LogP contribution in [0.5, 0.6) is 0 Å². The summed E-state index contributed by atoms with van der Waals surface area (Å²) in [6.07, 6.45) is 0. The Hall–Kier alpha value is -0.120. The number of hydrogen-bond acceptors (Lipinski definition) is 2. The van der Waals surface area contributed by atoms with Crippen LogP contribution in [0.25, 0.3) is 0 Å². The second-order valence-corrected chi connectivity index (χ2v) is 2.56. The molecular weight excluding hydrogens is 337 g/mol. The van der Waals surface area contributed by atoms with Crippen molar-refractivity contribution in [3.63, 3.8) is 0 Å². The van der Waals surface area contributed by atoms with Gasteiger partial charge in [0.2, 0.25) is 0 Å². The molecule has 0 heterocycles. The van der Waals surface area contributed by atoms with Crippen LogP contribution in [-0.2, 0) is 28.0 Å². The Morgan fingerprint density at radius 3 is 2.17 bits per heavy atom. The van der Waals surface area contributed by atoms with Crippen molar-refractivity contribution in [2.24, 2.45) is 0 Å². The Morgan fingerprint density at radius 1 is 1.25 bits per heavy atom. The van der Waals surface area contributed by atoms with E-state index in [4.69, 9.17) is 5.11 Å². The van der Waals surface area contributed by atoms with Crippen LogP contribution in [0.15, 0.2) is 30.3 Å². The predicted molar refractivity (Wildman–Crippen MR) is 42.8 cm³/mol. The summed E-state index contributed by atoms with van der Waals surface area (Å²) >= 11 is 0. The van der Waals surface area contributed by atoms with Crippen molar-refractivity contribution in [1.82, 2.24) is 0 Å². The molecule has 1 aromatic rings. The molecule has 0 aromatic heterocycles. The van der Waals surface area contributed by atoms with E-state index in [0.29, 0.717) is 5.56 Å². The van der Waals surface area contributed by atoms with E-state index >= 15 is 0 Å². The van der Waals surface area contributed by atoms with Crippen LogP contribution in [0, 0.1) is 6.92 Å². The van der Waals surface area contributed by atoms with E-state index in [0.717, 1.165) is 0 Å². The summed E-state index contributed by atoms with van der Waals surface area (Å²) < 4.78 is 0. The zero-order valence-corrected chi connectivity index (χ0v) is 8.66. The molecule has 0 saturated carbocycles. The fraction of sp³-hybridized carbons (Fsp3) is 0.222. The van der Waals surface area contributed by atoms with Crippen LogP contribution in [0.1, 0.15) is 5.56 Å². The third-order valence-corrected chi connectivity index (χ3v) is 1.57. The topological polar surface area (TPSA) is 40.5 Å². The summed E-state index contributed by atoms with van der Waals surface area (Å²) in [5.41, 5.74) is -0.733. The quantitative estimate of drug-likeness (QED) is 0.610. The molecule has 0 aliphatic rings. The molecule has 2 nitrogen and oxygen atoms in total. The van der Waals surface area contributed by atoms with Crippen molar-refractivity contribution in [3.8, 4) is 0 Å². The third kappa shape index (κ3) is 2.73. The molecule has 0 aliphatic heterocycles. The number of aliphatic hydroxyl groups excluding tert-OH is 1. The molecule has 1 atom stereocenters. The number of aliphatic hydroxyl groups is 2. The Morgan fingerprint density at radius 2 is 1.75 bits per heavy atom. The van der Waals surface area contributed by atoms with Gasteiger partial charge in [-0.3, -0.25) is 0 Å². The molecule has 2 N–H and O–H groups in total. The van der Waals surface area contributed by atoms with Crippen molar-refractivity contribution in [2.45, 2.75) is 5.60 Å². The summed E-state index contributed by atoms with van der Waals surface area (Å²) in [5.74, 6) is 0. The molecule has 12 heavy (non-hydrogen) atoms. The molecule has 0 amide bonds. The first kappa shape index (κ1) is 11.9. The van der Waals surface area contributed by atoms with Crippen LogP contribution >= 0.6 is 0 Å². The average Bonchev–Trinajstić information content (AvgIpc) is 2.06. The maximum absolute atomic E-state index is 9.43. The van der Waals surface area contributed by atoms with Crippen molar-refractivity contribution >= 4 is 0 Å². The van der Waals surface area contributed by atoms with Gasteiger partial charge in [0, 0.05) is 6.61 Å². The smallest absolute Gasteiger partial charge is 0.415 e. The average molecular weight is 348 g/mol. The van der Waals surface area contributed by atoms with Gasteiger partial charge in [0.15, 0.2) is 0 Å². The van der Waals surface area contributed by atoms with Crippen LogP contribution in [0.2, 0.25) is 0 Å². The monoisotopic (exact) mass is 348 g/mol. The second-order valence-electron chi connectivity index (χ2n) is 2.56. The van der Waals surface area contributed by atoms with E-state index in [9.17, 15) is 5.11 Å². The Balaban J connectivity index is 0.00000121. The van der Waals surface area contributed by atoms with Gasteiger partial charge in [-0.15, -0.1) is 0 Å². The van der Waals surface area contributed by atoms with Gasteiger partial charge >= 0.3 is 22.4 Å². The van der Waals surface area contributed by atoms with Gasteiger partial charge in [-0.2, -0.15) is 0 Å². The van der Waals surface area contributed by atoms with E-state index in [-0.39, 0.29) is 29.0 Å². The minimum atomic E-state index is -1.36. The summed E-state index contributed by atoms with van der Waals surface area (Å²) in [6, 6.07) is 8.88. The molecule has 0 spiro atoms. The fourth-order valence-electron chi connectivity index (χ4n) is 0.840. The molecule has 1 unspecified atom stereocenters. The molecule has 0 fully saturated rings.